The largest absolute Gasteiger partial charge is 0.447 e. The highest BCUT2D eigenvalue weighted by Gasteiger charge is 2.56. The van der Waals surface area contributed by atoms with Crippen LogP contribution in [0.25, 0.3) is 0 Å². The summed E-state index contributed by atoms with van der Waals surface area (Å²) in [6.07, 6.45) is 2.57. The van der Waals surface area contributed by atoms with Crippen molar-refractivity contribution in [1.82, 2.24) is 9.88 Å². The van der Waals surface area contributed by atoms with E-state index in [-0.39, 0.29) is 24.6 Å². The number of benzene rings is 1. The van der Waals surface area contributed by atoms with E-state index in [4.69, 9.17) is 16.0 Å². The fourth-order valence-electron chi connectivity index (χ4n) is 3.10. The first-order valence-corrected chi connectivity index (χ1v) is 7.75. The molecule has 1 saturated heterocycles. The number of carbonyl (C=O) groups excluding carboxylic acids is 3. The summed E-state index contributed by atoms with van der Waals surface area (Å²) >= 11 is 6.05. The number of carbonyl (C=O) groups is 3. The molecule has 0 spiro atoms. The molecule has 0 aliphatic carbocycles. The van der Waals surface area contributed by atoms with Gasteiger partial charge in [0.25, 0.3) is 0 Å². The van der Waals surface area contributed by atoms with Gasteiger partial charge in [0.05, 0.1) is 12.6 Å². The van der Waals surface area contributed by atoms with Gasteiger partial charge in [-0.3, -0.25) is 19.3 Å². The Labute approximate surface area is 143 Å². The fourth-order valence-corrected chi connectivity index (χ4v) is 3.27. The lowest BCUT2D eigenvalue weighted by Crippen LogP contribution is -2.43. The molecular weight excluding hydrogens is 332 g/mol. The van der Waals surface area contributed by atoms with Crippen LogP contribution in [0, 0.1) is 6.92 Å². The fraction of sp³-hybridized carbons (Fsp3) is 0.294. The Kier molecular flexibility index (Phi) is 4.01. The van der Waals surface area contributed by atoms with E-state index in [0.29, 0.717) is 10.6 Å². The zero-order valence-corrected chi connectivity index (χ0v) is 14.0. The second kappa shape index (κ2) is 5.87. The van der Waals surface area contributed by atoms with Gasteiger partial charge in [0, 0.05) is 5.02 Å². The molecule has 2 aromatic rings. The van der Waals surface area contributed by atoms with Crippen LogP contribution in [0.15, 0.2) is 35.1 Å². The number of rotatable bonds is 4. The Morgan fingerprint density at radius 1 is 1.42 bits per heavy atom. The van der Waals surface area contributed by atoms with Gasteiger partial charge in [-0.2, -0.15) is 0 Å². The number of nitrogens with zero attached hydrogens (tertiary/aromatic N) is 2. The Morgan fingerprint density at radius 2 is 2.17 bits per heavy atom. The van der Waals surface area contributed by atoms with E-state index < -0.39 is 17.2 Å². The van der Waals surface area contributed by atoms with Gasteiger partial charge in [-0.05, 0) is 37.1 Å². The standard InChI is InChI=1S/C17H15ClN2O4/c1-10-3-4-12(18)7-13(10)17(11(2)21)8-15(22)20(16(17)23)9-14-19-5-6-24-14/h3-7H,8-9H2,1-2H3. The Morgan fingerprint density at radius 3 is 2.79 bits per heavy atom. The summed E-state index contributed by atoms with van der Waals surface area (Å²) in [5, 5.41) is 0.405. The molecule has 124 valence electrons. The lowest BCUT2D eigenvalue weighted by atomic mass is 9.74. The molecule has 2 heterocycles. The normalized spacial score (nSPS) is 20.7. The van der Waals surface area contributed by atoms with Crippen LogP contribution in [-0.2, 0) is 26.3 Å². The number of hydrogen-bond donors (Lipinski definition) is 0. The van der Waals surface area contributed by atoms with E-state index in [0.717, 1.165) is 10.5 Å². The molecule has 0 radical (unpaired) electrons. The molecule has 3 rings (SSSR count). The first kappa shape index (κ1) is 16.4. The third-order valence-electron chi connectivity index (χ3n) is 4.36. The number of oxazole rings is 1. The minimum absolute atomic E-state index is 0.0979. The van der Waals surface area contributed by atoms with Crippen molar-refractivity contribution in [3.8, 4) is 0 Å². The highest BCUT2D eigenvalue weighted by atomic mass is 35.5. The van der Waals surface area contributed by atoms with Crippen molar-refractivity contribution >= 4 is 29.2 Å². The molecule has 1 aliphatic heterocycles. The van der Waals surface area contributed by atoms with E-state index in [2.05, 4.69) is 4.98 Å². The van der Waals surface area contributed by atoms with Crippen LogP contribution in [-0.4, -0.2) is 27.5 Å². The van der Waals surface area contributed by atoms with Crippen LogP contribution in [0.4, 0.5) is 0 Å². The number of likely N-dealkylation sites (tertiary alicyclic amines) is 1. The predicted octanol–water partition coefficient (Wildman–Crippen LogP) is 2.42. The molecule has 6 nitrogen and oxygen atoms in total. The minimum atomic E-state index is -1.54. The maximum Gasteiger partial charge on any atom is 0.248 e. The highest BCUT2D eigenvalue weighted by Crippen LogP contribution is 2.40. The Balaban J connectivity index is 2.08. The highest BCUT2D eigenvalue weighted by molar-refractivity contribution is 6.31. The van der Waals surface area contributed by atoms with E-state index in [9.17, 15) is 14.4 Å². The van der Waals surface area contributed by atoms with Crippen LogP contribution in [0.5, 0.6) is 0 Å². The van der Waals surface area contributed by atoms with Crippen LogP contribution >= 0.6 is 11.6 Å². The zero-order chi connectivity index (χ0) is 17.5. The number of halogens is 1. The molecule has 0 saturated carbocycles. The van der Waals surface area contributed by atoms with Crippen molar-refractivity contribution < 1.29 is 18.8 Å². The SMILES string of the molecule is CC(=O)C1(c2cc(Cl)ccc2C)CC(=O)N(Cc2ncco2)C1=O. The van der Waals surface area contributed by atoms with Crippen molar-refractivity contribution in [2.75, 3.05) is 0 Å². The van der Waals surface area contributed by atoms with Crippen molar-refractivity contribution in [3.05, 3.63) is 52.7 Å². The molecule has 1 atom stereocenters. The molecule has 2 amide bonds. The third-order valence-corrected chi connectivity index (χ3v) is 4.60. The monoisotopic (exact) mass is 346 g/mol. The molecule has 1 aromatic carbocycles. The van der Waals surface area contributed by atoms with Gasteiger partial charge in [0.15, 0.2) is 0 Å². The van der Waals surface area contributed by atoms with E-state index >= 15 is 0 Å². The van der Waals surface area contributed by atoms with Crippen LogP contribution < -0.4 is 0 Å². The van der Waals surface area contributed by atoms with Crippen molar-refractivity contribution in [2.24, 2.45) is 0 Å². The summed E-state index contributed by atoms with van der Waals surface area (Å²) < 4.78 is 5.11. The van der Waals surface area contributed by atoms with Gasteiger partial charge in [0.2, 0.25) is 17.7 Å². The quantitative estimate of drug-likeness (QED) is 0.627. The topological polar surface area (TPSA) is 80.5 Å². The minimum Gasteiger partial charge on any atom is -0.447 e. The van der Waals surface area contributed by atoms with Gasteiger partial charge < -0.3 is 4.42 Å². The number of amides is 2. The summed E-state index contributed by atoms with van der Waals surface area (Å²) in [6, 6.07) is 5.00. The van der Waals surface area contributed by atoms with Crippen molar-refractivity contribution in [2.45, 2.75) is 32.2 Å². The number of hydrogen-bond acceptors (Lipinski definition) is 5. The molecule has 7 heteroatoms. The molecule has 24 heavy (non-hydrogen) atoms. The van der Waals surface area contributed by atoms with Gasteiger partial charge in [0.1, 0.15) is 24.0 Å². The molecule has 0 bridgehead atoms. The summed E-state index contributed by atoms with van der Waals surface area (Å²) in [5.74, 6) is -1.16. The molecule has 1 fully saturated rings. The van der Waals surface area contributed by atoms with Crippen molar-refractivity contribution in [3.63, 3.8) is 0 Å². The van der Waals surface area contributed by atoms with Crippen LogP contribution in [0.2, 0.25) is 5.02 Å². The maximum atomic E-state index is 13.0. The number of aryl methyl sites for hydroxylation is 1. The second-order valence-electron chi connectivity index (χ2n) is 5.81. The zero-order valence-electron chi connectivity index (χ0n) is 13.2. The van der Waals surface area contributed by atoms with E-state index in [1.165, 1.54) is 19.4 Å². The first-order chi connectivity index (χ1) is 11.4. The number of Topliss-reactive ketones (excluding diaryl/α,β-unsaturated/α-hetero) is 1. The van der Waals surface area contributed by atoms with Crippen LogP contribution in [0.1, 0.15) is 30.4 Å². The lowest BCUT2D eigenvalue weighted by molar-refractivity contribution is -0.142. The molecule has 1 unspecified atom stereocenters. The first-order valence-electron chi connectivity index (χ1n) is 7.37. The summed E-state index contributed by atoms with van der Waals surface area (Å²) in [7, 11) is 0. The van der Waals surface area contributed by atoms with E-state index in [1.807, 2.05) is 0 Å². The van der Waals surface area contributed by atoms with Gasteiger partial charge >= 0.3 is 0 Å². The molecule has 1 aromatic heterocycles. The summed E-state index contributed by atoms with van der Waals surface area (Å²) in [4.78, 5) is 42.9. The van der Waals surface area contributed by atoms with E-state index in [1.54, 1.807) is 25.1 Å². The summed E-state index contributed by atoms with van der Waals surface area (Å²) in [5.41, 5.74) is -0.344. The lowest BCUT2D eigenvalue weighted by Gasteiger charge is -2.26. The number of ketones is 1. The average Bonchev–Trinajstić information content (AvgIpc) is 3.12. The van der Waals surface area contributed by atoms with Gasteiger partial charge in [-0.25, -0.2) is 4.98 Å². The maximum absolute atomic E-state index is 13.0. The summed E-state index contributed by atoms with van der Waals surface area (Å²) in [6.45, 7) is 3.00. The second-order valence-corrected chi connectivity index (χ2v) is 6.24. The van der Waals surface area contributed by atoms with Crippen molar-refractivity contribution in [1.29, 1.82) is 0 Å². The average molecular weight is 347 g/mol. The number of aromatic nitrogens is 1. The molecule has 0 N–H and O–H groups in total. The number of imide groups is 1. The molecular formula is C17H15ClN2O4. The van der Waals surface area contributed by atoms with Gasteiger partial charge in [-0.1, -0.05) is 17.7 Å². The Hall–Kier alpha value is -2.47. The third kappa shape index (κ3) is 2.43. The van der Waals surface area contributed by atoms with Gasteiger partial charge in [-0.15, -0.1) is 0 Å². The van der Waals surface area contributed by atoms with Crippen LogP contribution in [0.3, 0.4) is 0 Å². The Bertz CT molecular complexity index is 831. The predicted molar refractivity (Wildman–Crippen MR) is 85.2 cm³/mol. The molecule has 1 aliphatic rings. The smallest absolute Gasteiger partial charge is 0.248 e.